The molecule has 284 valence electrons. The molecule has 0 aliphatic heterocycles. The first-order valence-electron chi connectivity index (χ1n) is 20.7. The van der Waals surface area contributed by atoms with Gasteiger partial charge in [0.1, 0.15) is 22.3 Å². The van der Waals surface area contributed by atoms with E-state index in [1.54, 1.807) is 0 Å². The van der Waals surface area contributed by atoms with Crippen LogP contribution in [0.1, 0.15) is 25.0 Å². The monoisotopic (exact) mass is 769 g/mol. The number of hydrogen-bond acceptors (Lipinski definition) is 3. The number of hydrogen-bond donors (Lipinski definition) is 0. The highest BCUT2D eigenvalue weighted by Crippen LogP contribution is 2.51. The van der Waals surface area contributed by atoms with Crippen molar-refractivity contribution in [3.63, 3.8) is 0 Å². The van der Waals surface area contributed by atoms with Gasteiger partial charge in [0, 0.05) is 55.7 Å². The molecule has 0 radical (unpaired) electrons. The second-order valence-electron chi connectivity index (χ2n) is 16.5. The van der Waals surface area contributed by atoms with E-state index in [9.17, 15) is 0 Å². The Labute approximate surface area is 348 Å². The summed E-state index contributed by atoms with van der Waals surface area (Å²) >= 11 is 0. The molecule has 3 nitrogen and oxygen atoms in total. The summed E-state index contributed by atoms with van der Waals surface area (Å²) < 4.78 is 12.9. The van der Waals surface area contributed by atoms with Crippen molar-refractivity contribution in [1.82, 2.24) is 0 Å². The standard InChI is InChI=1S/C57H39NO2/c1-57(2)49-17-9-6-14-44(49)45-30-28-41(34-50(45)57)58(42-29-31-47-46-15-7-10-18-51(46)60-54(47)35-42)40-26-24-38(25-27-40)43-32-33-53-56(48-16-8-11-19-52(48)59-53)55(43)39-22-20-37(21-23-39)36-12-4-3-5-13-36/h3-35H,1-2H3. The van der Waals surface area contributed by atoms with E-state index in [2.05, 4.69) is 201 Å². The lowest BCUT2D eigenvalue weighted by atomic mass is 9.82. The molecule has 2 heterocycles. The highest BCUT2D eigenvalue weighted by atomic mass is 16.3. The second kappa shape index (κ2) is 13.2. The maximum absolute atomic E-state index is 6.45. The van der Waals surface area contributed by atoms with E-state index in [4.69, 9.17) is 8.83 Å². The largest absolute Gasteiger partial charge is 0.456 e. The third-order valence-electron chi connectivity index (χ3n) is 12.7. The average Bonchev–Trinajstić information content (AvgIpc) is 3.94. The SMILES string of the molecule is CC1(C)c2ccccc2-c2ccc(N(c3ccc(-c4ccc5oc6ccccc6c5c4-c4ccc(-c5ccccc5)cc4)cc3)c3ccc4c(c3)oc3ccccc34)cc21. The maximum Gasteiger partial charge on any atom is 0.137 e. The van der Waals surface area contributed by atoms with Crippen molar-refractivity contribution in [3.8, 4) is 44.5 Å². The van der Waals surface area contributed by atoms with Gasteiger partial charge in [0.25, 0.3) is 0 Å². The summed E-state index contributed by atoms with van der Waals surface area (Å²) in [7, 11) is 0. The van der Waals surface area contributed by atoms with Crippen molar-refractivity contribution in [2.75, 3.05) is 4.90 Å². The Morgan fingerprint density at radius 2 is 0.900 bits per heavy atom. The fourth-order valence-corrected chi connectivity index (χ4v) is 9.74. The molecule has 11 aromatic rings. The fraction of sp³-hybridized carbons (Fsp3) is 0.0526. The van der Waals surface area contributed by atoms with Crippen LogP contribution in [0.15, 0.2) is 209 Å². The summed E-state index contributed by atoms with van der Waals surface area (Å²) in [6, 6.07) is 71.9. The first-order chi connectivity index (χ1) is 29.5. The normalized spacial score (nSPS) is 13.0. The quantitative estimate of drug-likeness (QED) is 0.169. The molecule has 0 saturated heterocycles. The van der Waals surface area contributed by atoms with Crippen LogP contribution in [0, 0.1) is 0 Å². The molecule has 12 rings (SSSR count). The van der Waals surface area contributed by atoms with Gasteiger partial charge in [-0.05, 0) is 105 Å². The van der Waals surface area contributed by atoms with Crippen molar-refractivity contribution in [1.29, 1.82) is 0 Å². The van der Waals surface area contributed by atoms with Gasteiger partial charge in [-0.2, -0.15) is 0 Å². The summed E-state index contributed by atoms with van der Waals surface area (Å²) in [6.07, 6.45) is 0. The van der Waals surface area contributed by atoms with Crippen LogP contribution in [0.3, 0.4) is 0 Å². The Kier molecular flexibility index (Phi) is 7.58. The van der Waals surface area contributed by atoms with E-state index in [0.29, 0.717) is 0 Å². The van der Waals surface area contributed by atoms with Gasteiger partial charge in [0.05, 0.1) is 0 Å². The van der Waals surface area contributed by atoms with Crippen LogP contribution in [0.2, 0.25) is 0 Å². The van der Waals surface area contributed by atoms with Crippen LogP contribution in [-0.2, 0) is 5.41 Å². The Hall–Kier alpha value is -7.62. The lowest BCUT2D eigenvalue weighted by molar-refractivity contribution is 0.660. The van der Waals surface area contributed by atoms with E-state index in [0.717, 1.165) is 83.2 Å². The number of furan rings is 2. The molecule has 0 spiro atoms. The zero-order chi connectivity index (χ0) is 40.0. The highest BCUT2D eigenvalue weighted by Gasteiger charge is 2.35. The van der Waals surface area contributed by atoms with E-state index in [1.807, 2.05) is 18.2 Å². The molecule has 1 aliphatic carbocycles. The summed E-state index contributed by atoms with van der Waals surface area (Å²) in [4.78, 5) is 2.37. The smallest absolute Gasteiger partial charge is 0.137 e. The Morgan fingerprint density at radius 1 is 0.350 bits per heavy atom. The topological polar surface area (TPSA) is 29.5 Å². The van der Waals surface area contributed by atoms with Gasteiger partial charge in [-0.1, -0.05) is 153 Å². The summed E-state index contributed by atoms with van der Waals surface area (Å²) in [5, 5.41) is 4.48. The molecule has 0 atom stereocenters. The summed E-state index contributed by atoms with van der Waals surface area (Å²) in [6.45, 7) is 4.68. The Balaban J connectivity index is 1.02. The van der Waals surface area contributed by atoms with Gasteiger partial charge in [-0.3, -0.25) is 0 Å². The predicted molar refractivity (Wildman–Crippen MR) is 250 cm³/mol. The molecule has 9 aromatic carbocycles. The minimum atomic E-state index is -0.133. The van der Waals surface area contributed by atoms with Gasteiger partial charge in [-0.15, -0.1) is 0 Å². The van der Waals surface area contributed by atoms with Crippen LogP contribution in [-0.4, -0.2) is 0 Å². The van der Waals surface area contributed by atoms with E-state index >= 15 is 0 Å². The van der Waals surface area contributed by atoms with Gasteiger partial charge >= 0.3 is 0 Å². The first kappa shape index (κ1) is 34.4. The van der Waals surface area contributed by atoms with Crippen molar-refractivity contribution >= 4 is 60.9 Å². The predicted octanol–water partition coefficient (Wildman–Crippen LogP) is 16.3. The Bertz CT molecular complexity index is 3440. The lowest BCUT2D eigenvalue weighted by Crippen LogP contribution is -2.16. The minimum absolute atomic E-state index is 0.133. The molecule has 0 bridgehead atoms. The number of anilines is 3. The molecule has 0 fully saturated rings. The van der Waals surface area contributed by atoms with Crippen LogP contribution < -0.4 is 4.90 Å². The number of para-hydroxylation sites is 2. The number of rotatable bonds is 6. The summed E-state index contributed by atoms with van der Waals surface area (Å²) in [5.41, 5.74) is 18.9. The van der Waals surface area contributed by atoms with E-state index < -0.39 is 0 Å². The molecule has 0 N–H and O–H groups in total. The van der Waals surface area contributed by atoms with Gasteiger partial charge in [-0.25, -0.2) is 0 Å². The highest BCUT2D eigenvalue weighted by molar-refractivity contribution is 6.16. The van der Waals surface area contributed by atoms with Gasteiger partial charge < -0.3 is 13.7 Å². The number of fused-ring (bicyclic) bond motifs is 9. The molecule has 0 amide bonds. The molecule has 2 aromatic heterocycles. The Morgan fingerprint density at radius 3 is 1.72 bits per heavy atom. The van der Waals surface area contributed by atoms with E-state index in [1.165, 1.54) is 33.4 Å². The van der Waals surface area contributed by atoms with Crippen LogP contribution in [0.4, 0.5) is 17.1 Å². The summed E-state index contributed by atoms with van der Waals surface area (Å²) in [5.74, 6) is 0. The molecule has 0 saturated carbocycles. The molecular weight excluding hydrogens is 731 g/mol. The zero-order valence-electron chi connectivity index (χ0n) is 33.3. The van der Waals surface area contributed by atoms with Crippen molar-refractivity contribution in [3.05, 3.63) is 211 Å². The first-order valence-corrected chi connectivity index (χ1v) is 20.7. The van der Waals surface area contributed by atoms with E-state index in [-0.39, 0.29) is 5.41 Å². The van der Waals surface area contributed by atoms with Crippen molar-refractivity contribution in [2.24, 2.45) is 0 Å². The van der Waals surface area contributed by atoms with Crippen molar-refractivity contribution < 1.29 is 8.83 Å². The molecular formula is C57H39NO2. The fourth-order valence-electron chi connectivity index (χ4n) is 9.74. The molecule has 1 aliphatic rings. The average molecular weight is 770 g/mol. The maximum atomic E-state index is 6.45. The molecule has 3 heteroatoms. The zero-order valence-corrected chi connectivity index (χ0v) is 33.3. The number of benzene rings is 9. The van der Waals surface area contributed by atoms with Crippen molar-refractivity contribution in [2.45, 2.75) is 19.3 Å². The van der Waals surface area contributed by atoms with Crippen LogP contribution >= 0.6 is 0 Å². The van der Waals surface area contributed by atoms with Crippen LogP contribution in [0.25, 0.3) is 88.4 Å². The third kappa shape index (κ3) is 5.29. The molecule has 0 unspecified atom stereocenters. The van der Waals surface area contributed by atoms with Gasteiger partial charge in [0.15, 0.2) is 0 Å². The lowest BCUT2D eigenvalue weighted by Gasteiger charge is -2.28. The minimum Gasteiger partial charge on any atom is -0.456 e. The second-order valence-corrected chi connectivity index (χ2v) is 16.5. The molecule has 60 heavy (non-hydrogen) atoms. The van der Waals surface area contributed by atoms with Crippen LogP contribution in [0.5, 0.6) is 0 Å². The third-order valence-corrected chi connectivity index (χ3v) is 12.7. The number of nitrogens with zero attached hydrogens (tertiary/aromatic N) is 1. The van der Waals surface area contributed by atoms with Gasteiger partial charge in [0.2, 0.25) is 0 Å².